The van der Waals surface area contributed by atoms with Gasteiger partial charge in [-0.15, -0.1) is 0 Å². The third-order valence-electron chi connectivity index (χ3n) is 5.27. The maximum Gasteiger partial charge on any atom is 0.103 e. The average molecular weight is 379 g/mol. The summed E-state index contributed by atoms with van der Waals surface area (Å²) in [6, 6.07) is 23.3. The van der Waals surface area contributed by atoms with Crippen LogP contribution in [0.3, 0.4) is 0 Å². The van der Waals surface area contributed by atoms with Gasteiger partial charge in [-0.3, -0.25) is 5.01 Å². The number of hydrogen-bond donors (Lipinski definition) is 1. The molecule has 0 radical (unpaired) electrons. The summed E-state index contributed by atoms with van der Waals surface area (Å²) < 4.78 is 0. The van der Waals surface area contributed by atoms with E-state index >= 15 is 0 Å². The number of halogens is 1. The molecule has 0 unspecified atom stereocenters. The zero-order chi connectivity index (χ0) is 18.6. The van der Waals surface area contributed by atoms with Gasteiger partial charge in [0.2, 0.25) is 0 Å². The highest BCUT2D eigenvalue weighted by atomic mass is 35.5. The van der Waals surface area contributed by atoms with Crippen LogP contribution in [0.25, 0.3) is 10.8 Å². The zero-order valence-corrected chi connectivity index (χ0v) is 16.4. The van der Waals surface area contributed by atoms with E-state index in [9.17, 15) is 0 Å². The lowest BCUT2D eigenvalue weighted by molar-refractivity contribution is -0.918. The van der Waals surface area contributed by atoms with Crippen molar-refractivity contribution in [3.63, 3.8) is 0 Å². The van der Waals surface area contributed by atoms with Crippen molar-refractivity contribution in [3.05, 3.63) is 82.9 Å². The summed E-state index contributed by atoms with van der Waals surface area (Å²) in [5, 5.41) is 10.4. The molecule has 1 heterocycles. The van der Waals surface area contributed by atoms with Crippen LogP contribution < -0.4 is 4.90 Å². The largest absolute Gasteiger partial charge is 0.328 e. The number of nitrogens with zero attached hydrogens (tertiary/aromatic N) is 2. The minimum atomic E-state index is 0.803. The Labute approximate surface area is 165 Å². The van der Waals surface area contributed by atoms with Gasteiger partial charge in [0.25, 0.3) is 0 Å². The van der Waals surface area contributed by atoms with E-state index in [1.165, 1.54) is 21.9 Å². The van der Waals surface area contributed by atoms with Gasteiger partial charge in [0.1, 0.15) is 6.54 Å². The van der Waals surface area contributed by atoms with Crippen molar-refractivity contribution >= 4 is 28.1 Å². The van der Waals surface area contributed by atoms with Gasteiger partial charge in [-0.1, -0.05) is 60.1 Å². The number of quaternary nitrogens is 1. The molecule has 3 aromatic rings. The minimum absolute atomic E-state index is 0.803. The number of nitrogens with one attached hydrogen (secondary N) is 1. The molecule has 1 N–H and O–H groups in total. The molecule has 0 amide bonds. The van der Waals surface area contributed by atoms with E-state index in [0.717, 1.165) is 43.5 Å². The Morgan fingerprint density at radius 1 is 0.963 bits per heavy atom. The quantitative estimate of drug-likeness (QED) is 0.687. The second-order valence-electron chi connectivity index (χ2n) is 7.25. The van der Waals surface area contributed by atoms with Crippen LogP contribution in [-0.4, -0.2) is 36.9 Å². The van der Waals surface area contributed by atoms with Crippen molar-refractivity contribution in [2.75, 3.05) is 26.2 Å². The van der Waals surface area contributed by atoms with Crippen LogP contribution in [0.2, 0.25) is 5.02 Å². The van der Waals surface area contributed by atoms with Gasteiger partial charge in [-0.05, 0) is 41.5 Å². The molecule has 0 spiro atoms. The molecule has 1 aliphatic heterocycles. The minimum Gasteiger partial charge on any atom is -0.328 e. The first-order valence-corrected chi connectivity index (χ1v) is 9.92. The van der Waals surface area contributed by atoms with E-state index in [2.05, 4.69) is 66.5 Å². The summed E-state index contributed by atoms with van der Waals surface area (Å²) in [5.41, 5.74) is 3.63. The van der Waals surface area contributed by atoms with Gasteiger partial charge in [0, 0.05) is 10.6 Å². The standard InChI is InChI=1S/C23H24ClN3/c1-18(21-9-8-20-4-2-3-5-22(20)16-21)25-27-14-12-26(13-15-27)17-19-6-10-23(24)11-7-19/h2-11,16H,12-15,17H2,1H3/p+1/b25-18+. The number of hydrogen-bond acceptors (Lipinski definition) is 2. The van der Waals surface area contributed by atoms with E-state index in [-0.39, 0.29) is 0 Å². The Balaban J connectivity index is 1.37. The van der Waals surface area contributed by atoms with Gasteiger partial charge in [-0.2, -0.15) is 5.10 Å². The summed E-state index contributed by atoms with van der Waals surface area (Å²) >= 11 is 5.98. The second-order valence-corrected chi connectivity index (χ2v) is 7.69. The van der Waals surface area contributed by atoms with Gasteiger partial charge >= 0.3 is 0 Å². The summed E-state index contributed by atoms with van der Waals surface area (Å²) in [7, 11) is 0. The Morgan fingerprint density at radius 2 is 1.67 bits per heavy atom. The molecule has 4 rings (SSSR count). The number of fused-ring (bicyclic) bond motifs is 1. The second kappa shape index (κ2) is 8.12. The molecule has 1 fully saturated rings. The average Bonchev–Trinajstić information content (AvgIpc) is 2.71. The SMILES string of the molecule is C/C(=N\N1CC[NH+](Cc2ccc(Cl)cc2)CC1)c1ccc2ccccc2c1. The maximum absolute atomic E-state index is 5.98. The van der Waals surface area contributed by atoms with Gasteiger partial charge < -0.3 is 4.90 Å². The van der Waals surface area contributed by atoms with Gasteiger partial charge in [0.15, 0.2) is 0 Å². The normalized spacial score (nSPS) is 16.1. The predicted molar refractivity (Wildman–Crippen MR) is 114 cm³/mol. The Morgan fingerprint density at radius 3 is 2.41 bits per heavy atom. The first-order chi connectivity index (χ1) is 13.2. The summed E-state index contributed by atoms with van der Waals surface area (Å²) in [6.07, 6.45) is 0. The number of piperazine rings is 1. The summed E-state index contributed by atoms with van der Waals surface area (Å²) in [6.45, 7) is 7.37. The number of benzene rings is 3. The van der Waals surface area contributed by atoms with Crippen molar-refractivity contribution in [2.45, 2.75) is 13.5 Å². The van der Waals surface area contributed by atoms with Crippen LogP contribution in [0.1, 0.15) is 18.1 Å². The van der Waals surface area contributed by atoms with Gasteiger partial charge in [0.05, 0.1) is 31.9 Å². The highest BCUT2D eigenvalue weighted by Gasteiger charge is 2.19. The first kappa shape index (κ1) is 18.0. The Kier molecular flexibility index (Phi) is 5.42. The van der Waals surface area contributed by atoms with Crippen molar-refractivity contribution < 1.29 is 4.90 Å². The lowest BCUT2D eigenvalue weighted by Gasteiger charge is -2.31. The fourth-order valence-corrected chi connectivity index (χ4v) is 3.79. The molecular weight excluding hydrogens is 354 g/mol. The van der Waals surface area contributed by atoms with Crippen molar-refractivity contribution in [3.8, 4) is 0 Å². The zero-order valence-electron chi connectivity index (χ0n) is 15.7. The molecule has 0 saturated carbocycles. The van der Waals surface area contributed by atoms with Crippen LogP contribution in [-0.2, 0) is 6.54 Å². The van der Waals surface area contributed by atoms with Crippen molar-refractivity contribution in [1.29, 1.82) is 0 Å². The summed E-state index contributed by atoms with van der Waals surface area (Å²) in [5.74, 6) is 0. The number of hydrazone groups is 1. The third kappa shape index (κ3) is 4.49. The molecule has 0 bridgehead atoms. The molecule has 1 saturated heterocycles. The fourth-order valence-electron chi connectivity index (χ4n) is 3.66. The third-order valence-corrected chi connectivity index (χ3v) is 5.52. The topological polar surface area (TPSA) is 20.0 Å². The summed E-state index contributed by atoms with van der Waals surface area (Å²) in [4.78, 5) is 1.60. The monoisotopic (exact) mass is 378 g/mol. The molecule has 0 atom stereocenters. The van der Waals surface area contributed by atoms with E-state index < -0.39 is 0 Å². The molecule has 0 aromatic heterocycles. The highest BCUT2D eigenvalue weighted by Crippen LogP contribution is 2.16. The van der Waals surface area contributed by atoms with Gasteiger partial charge in [-0.25, -0.2) is 0 Å². The van der Waals surface area contributed by atoms with Crippen LogP contribution in [0.5, 0.6) is 0 Å². The van der Waals surface area contributed by atoms with E-state index in [0.29, 0.717) is 0 Å². The predicted octanol–water partition coefficient (Wildman–Crippen LogP) is 3.62. The van der Waals surface area contributed by atoms with Crippen molar-refractivity contribution in [2.24, 2.45) is 5.10 Å². The molecule has 3 nitrogen and oxygen atoms in total. The van der Waals surface area contributed by atoms with Crippen LogP contribution in [0.4, 0.5) is 0 Å². The van der Waals surface area contributed by atoms with E-state index in [1.54, 1.807) is 4.90 Å². The number of rotatable bonds is 4. The van der Waals surface area contributed by atoms with Crippen LogP contribution in [0, 0.1) is 0 Å². The first-order valence-electron chi connectivity index (χ1n) is 9.55. The lowest BCUT2D eigenvalue weighted by atomic mass is 10.0. The van der Waals surface area contributed by atoms with E-state index in [1.807, 2.05) is 12.1 Å². The smallest absolute Gasteiger partial charge is 0.103 e. The molecule has 1 aliphatic rings. The molecule has 4 heteroatoms. The molecular formula is C23H25ClN3+. The lowest BCUT2D eigenvalue weighted by Crippen LogP contribution is -3.13. The molecule has 138 valence electrons. The Hall–Kier alpha value is -2.36. The molecule has 27 heavy (non-hydrogen) atoms. The highest BCUT2D eigenvalue weighted by molar-refractivity contribution is 6.30. The molecule has 0 aliphatic carbocycles. The van der Waals surface area contributed by atoms with E-state index in [4.69, 9.17) is 16.7 Å². The molecule has 3 aromatic carbocycles. The van der Waals surface area contributed by atoms with Crippen molar-refractivity contribution in [1.82, 2.24) is 5.01 Å². The maximum atomic E-state index is 5.98. The fraction of sp³-hybridized carbons (Fsp3) is 0.261. The van der Waals surface area contributed by atoms with Crippen LogP contribution in [0.15, 0.2) is 71.8 Å². The Bertz CT molecular complexity index is 941. The van der Waals surface area contributed by atoms with Crippen LogP contribution >= 0.6 is 11.6 Å².